The molecule has 1 N–H and O–H groups in total. The molecule has 0 bridgehead atoms. The number of anilines is 1. The minimum absolute atomic E-state index is 0.0556. The quantitative estimate of drug-likeness (QED) is 0.425. The Balaban J connectivity index is 1.24. The third-order valence-corrected chi connectivity index (χ3v) is 6.07. The lowest BCUT2D eigenvalue weighted by Gasteiger charge is -2.30. The number of likely N-dealkylation sites (tertiary alicyclic amines) is 1. The summed E-state index contributed by atoms with van der Waals surface area (Å²) < 4.78 is 5.66. The maximum atomic E-state index is 12.3. The predicted octanol–water partition coefficient (Wildman–Crippen LogP) is 4.89. The number of rotatable bonds is 7. The summed E-state index contributed by atoms with van der Waals surface area (Å²) in [4.78, 5) is 18.7. The molecule has 1 saturated heterocycles. The molecule has 0 saturated carbocycles. The van der Waals surface area contributed by atoms with E-state index in [1.165, 1.54) is 11.3 Å². The van der Waals surface area contributed by atoms with Gasteiger partial charge >= 0.3 is 0 Å². The molecule has 1 aliphatic rings. The summed E-state index contributed by atoms with van der Waals surface area (Å²) in [5, 5.41) is 7.00. The van der Waals surface area contributed by atoms with Gasteiger partial charge in [0.2, 0.25) is 5.13 Å². The molecule has 0 aliphatic carbocycles. The van der Waals surface area contributed by atoms with Crippen molar-refractivity contribution in [3.05, 3.63) is 65.5 Å². The number of carbonyl (C=O) groups excluding carboxylic acids is 1. The monoisotopic (exact) mass is 434 g/mol. The largest absolute Gasteiger partial charge is 0.484 e. The molecule has 1 fully saturated rings. The van der Waals surface area contributed by atoms with E-state index in [4.69, 9.17) is 4.74 Å². The molecule has 31 heavy (non-hydrogen) atoms. The maximum absolute atomic E-state index is 12.3. The Bertz CT molecular complexity index is 1010. The SMILES string of the molecule is CC1CCN(C(=O)COc2ccc(C=NNc3nc(-c4ccccc4)cs3)cc2)CC1. The number of hydrogen-bond donors (Lipinski definition) is 1. The van der Waals surface area contributed by atoms with Gasteiger partial charge in [-0.2, -0.15) is 5.10 Å². The van der Waals surface area contributed by atoms with Crippen molar-refractivity contribution in [1.82, 2.24) is 9.88 Å². The van der Waals surface area contributed by atoms with Gasteiger partial charge in [0.25, 0.3) is 5.91 Å². The van der Waals surface area contributed by atoms with E-state index in [-0.39, 0.29) is 12.5 Å². The second-order valence-electron chi connectivity index (χ2n) is 7.69. The van der Waals surface area contributed by atoms with Gasteiger partial charge in [0.1, 0.15) is 5.75 Å². The molecule has 6 nitrogen and oxygen atoms in total. The third-order valence-electron chi connectivity index (χ3n) is 5.33. The molecule has 0 unspecified atom stereocenters. The molecular formula is C24H26N4O2S. The van der Waals surface area contributed by atoms with Crippen molar-refractivity contribution in [3.63, 3.8) is 0 Å². The van der Waals surface area contributed by atoms with Gasteiger partial charge in [-0.3, -0.25) is 10.2 Å². The van der Waals surface area contributed by atoms with Crippen molar-refractivity contribution in [2.75, 3.05) is 25.1 Å². The van der Waals surface area contributed by atoms with Crippen molar-refractivity contribution < 1.29 is 9.53 Å². The minimum atomic E-state index is 0.0556. The van der Waals surface area contributed by atoms with E-state index in [1.54, 1.807) is 6.21 Å². The van der Waals surface area contributed by atoms with E-state index in [2.05, 4.69) is 22.4 Å². The molecule has 0 spiro atoms. The lowest BCUT2D eigenvalue weighted by atomic mass is 9.99. The van der Waals surface area contributed by atoms with E-state index in [1.807, 2.05) is 64.9 Å². The maximum Gasteiger partial charge on any atom is 0.260 e. The number of benzene rings is 2. The highest BCUT2D eigenvalue weighted by Crippen LogP contribution is 2.24. The summed E-state index contributed by atoms with van der Waals surface area (Å²) in [6.07, 6.45) is 3.87. The van der Waals surface area contributed by atoms with Crippen LogP contribution in [0.5, 0.6) is 5.75 Å². The zero-order valence-corrected chi connectivity index (χ0v) is 18.3. The van der Waals surface area contributed by atoms with E-state index in [9.17, 15) is 4.79 Å². The second-order valence-corrected chi connectivity index (χ2v) is 8.55. The standard InChI is InChI=1S/C24H26N4O2S/c1-18-11-13-28(14-12-18)23(29)16-30-21-9-7-19(8-10-21)15-25-27-24-26-22(17-31-24)20-5-3-2-4-6-20/h2-10,15,17-18H,11-14,16H2,1H3,(H,26,27). The molecule has 4 rings (SSSR count). The molecule has 3 aromatic rings. The lowest BCUT2D eigenvalue weighted by Crippen LogP contribution is -2.40. The summed E-state index contributed by atoms with van der Waals surface area (Å²) in [7, 11) is 0. The highest BCUT2D eigenvalue weighted by atomic mass is 32.1. The van der Waals surface area contributed by atoms with E-state index in [0.29, 0.717) is 11.7 Å². The summed E-state index contributed by atoms with van der Waals surface area (Å²) in [6.45, 7) is 3.98. The average molecular weight is 435 g/mol. The van der Waals surface area contributed by atoms with E-state index in [0.717, 1.165) is 47.9 Å². The molecule has 1 aromatic heterocycles. The Labute approximate surface area is 186 Å². The summed E-state index contributed by atoms with van der Waals surface area (Å²) in [6, 6.07) is 17.6. The number of amides is 1. The Kier molecular flexibility index (Phi) is 6.94. The number of nitrogens with zero attached hydrogens (tertiary/aromatic N) is 3. The van der Waals surface area contributed by atoms with Crippen molar-refractivity contribution in [2.45, 2.75) is 19.8 Å². The summed E-state index contributed by atoms with van der Waals surface area (Å²) >= 11 is 1.51. The van der Waals surface area contributed by atoms with Crippen LogP contribution in [0.1, 0.15) is 25.3 Å². The van der Waals surface area contributed by atoms with Gasteiger partial charge in [-0.25, -0.2) is 4.98 Å². The Morgan fingerprint density at radius 3 is 2.68 bits per heavy atom. The van der Waals surface area contributed by atoms with Crippen molar-refractivity contribution in [1.29, 1.82) is 0 Å². The Hall–Kier alpha value is -3.19. The number of thiazole rings is 1. The molecule has 7 heteroatoms. The topological polar surface area (TPSA) is 66.8 Å². The molecule has 0 radical (unpaired) electrons. The average Bonchev–Trinajstić information content (AvgIpc) is 3.28. The van der Waals surface area contributed by atoms with Crippen LogP contribution in [0.15, 0.2) is 65.1 Å². The number of aromatic nitrogens is 1. The summed E-state index contributed by atoms with van der Waals surface area (Å²) in [5.74, 6) is 1.44. The van der Waals surface area contributed by atoms with Crippen LogP contribution in [0.25, 0.3) is 11.3 Å². The number of ether oxygens (including phenoxy) is 1. The van der Waals surface area contributed by atoms with Crippen LogP contribution in [0.4, 0.5) is 5.13 Å². The van der Waals surface area contributed by atoms with Gasteiger partial charge in [0.05, 0.1) is 11.9 Å². The highest BCUT2D eigenvalue weighted by Gasteiger charge is 2.20. The van der Waals surface area contributed by atoms with Gasteiger partial charge in [0.15, 0.2) is 6.61 Å². The van der Waals surface area contributed by atoms with Gasteiger partial charge in [-0.1, -0.05) is 37.3 Å². The molecule has 1 amide bonds. The molecule has 160 valence electrons. The van der Waals surface area contributed by atoms with Crippen LogP contribution in [0, 0.1) is 5.92 Å². The third kappa shape index (κ3) is 5.92. The summed E-state index contributed by atoms with van der Waals surface area (Å²) in [5.41, 5.74) is 5.91. The molecular weight excluding hydrogens is 408 g/mol. The first-order chi connectivity index (χ1) is 15.2. The van der Waals surface area contributed by atoms with Crippen LogP contribution in [0.3, 0.4) is 0 Å². The number of carbonyl (C=O) groups is 1. The zero-order valence-electron chi connectivity index (χ0n) is 17.5. The van der Waals surface area contributed by atoms with Crippen LogP contribution in [0.2, 0.25) is 0 Å². The lowest BCUT2D eigenvalue weighted by molar-refractivity contribution is -0.134. The van der Waals surface area contributed by atoms with Crippen molar-refractivity contribution >= 4 is 28.6 Å². The van der Waals surface area contributed by atoms with Crippen molar-refractivity contribution in [3.8, 4) is 17.0 Å². The van der Waals surface area contributed by atoms with E-state index >= 15 is 0 Å². The smallest absolute Gasteiger partial charge is 0.260 e. The van der Waals surface area contributed by atoms with Gasteiger partial charge < -0.3 is 9.64 Å². The molecule has 2 aromatic carbocycles. The number of hydrogen-bond acceptors (Lipinski definition) is 6. The van der Waals surface area contributed by atoms with Crippen molar-refractivity contribution in [2.24, 2.45) is 11.0 Å². The van der Waals surface area contributed by atoms with E-state index < -0.39 is 0 Å². The fraction of sp³-hybridized carbons (Fsp3) is 0.292. The normalized spacial score (nSPS) is 14.7. The number of nitrogens with one attached hydrogen (secondary N) is 1. The first-order valence-corrected chi connectivity index (χ1v) is 11.4. The van der Waals surface area contributed by atoms with Gasteiger partial charge in [0, 0.05) is 24.0 Å². The first-order valence-electron chi connectivity index (χ1n) is 10.5. The number of hydrazone groups is 1. The zero-order chi connectivity index (χ0) is 21.5. The van der Waals surface area contributed by atoms with Crippen LogP contribution >= 0.6 is 11.3 Å². The number of piperidine rings is 1. The molecule has 1 aliphatic heterocycles. The van der Waals surface area contributed by atoms with Crippen LogP contribution < -0.4 is 10.2 Å². The minimum Gasteiger partial charge on any atom is -0.484 e. The second kappa shape index (κ2) is 10.2. The fourth-order valence-corrected chi connectivity index (χ4v) is 4.04. The van der Waals surface area contributed by atoms with Crippen LogP contribution in [-0.4, -0.2) is 41.7 Å². The van der Waals surface area contributed by atoms with Gasteiger partial charge in [-0.15, -0.1) is 11.3 Å². The van der Waals surface area contributed by atoms with Gasteiger partial charge in [-0.05, 0) is 48.6 Å². The predicted molar refractivity (Wildman–Crippen MR) is 126 cm³/mol. The van der Waals surface area contributed by atoms with Crippen LogP contribution in [-0.2, 0) is 4.79 Å². The Morgan fingerprint density at radius 1 is 1.19 bits per heavy atom. The fourth-order valence-electron chi connectivity index (χ4n) is 3.37. The first kappa shape index (κ1) is 21.1. The Morgan fingerprint density at radius 2 is 1.94 bits per heavy atom. The molecule has 0 atom stereocenters. The molecule has 2 heterocycles. The highest BCUT2D eigenvalue weighted by molar-refractivity contribution is 7.14.